The van der Waals surface area contributed by atoms with Crippen LogP contribution >= 0.6 is 11.8 Å². The van der Waals surface area contributed by atoms with Crippen molar-refractivity contribution in [2.24, 2.45) is 0 Å². The van der Waals surface area contributed by atoms with E-state index in [1.165, 1.54) is 7.11 Å². The molecule has 3 rings (SSSR count). The van der Waals surface area contributed by atoms with Crippen LogP contribution in [0.3, 0.4) is 0 Å². The second-order valence-electron chi connectivity index (χ2n) is 5.82. The smallest absolute Gasteiger partial charge is 0.337 e. The Labute approximate surface area is 138 Å². The van der Waals surface area contributed by atoms with Crippen LogP contribution in [0.2, 0.25) is 0 Å². The van der Waals surface area contributed by atoms with Gasteiger partial charge >= 0.3 is 5.97 Å². The lowest BCUT2D eigenvalue weighted by Crippen LogP contribution is -2.48. The van der Waals surface area contributed by atoms with E-state index in [2.05, 4.69) is 10.1 Å². The summed E-state index contributed by atoms with van der Waals surface area (Å²) in [5.74, 6) is 0.0309. The van der Waals surface area contributed by atoms with Gasteiger partial charge in [0.2, 0.25) is 11.8 Å². The Morgan fingerprint density at radius 2 is 2.04 bits per heavy atom. The van der Waals surface area contributed by atoms with Crippen molar-refractivity contribution in [3.63, 3.8) is 0 Å². The van der Waals surface area contributed by atoms with E-state index < -0.39 is 12.0 Å². The summed E-state index contributed by atoms with van der Waals surface area (Å²) in [5, 5.41) is 2.82. The second-order valence-corrected chi connectivity index (χ2v) is 7.33. The molecule has 1 aromatic carbocycles. The molecule has 2 amide bonds. The molecule has 0 saturated carbocycles. The number of fused-ring (bicyclic) bond motifs is 1. The fraction of sp³-hybridized carbons (Fsp3) is 0.438. The maximum absolute atomic E-state index is 12.5. The summed E-state index contributed by atoms with van der Waals surface area (Å²) < 4.78 is 4.64. The van der Waals surface area contributed by atoms with Gasteiger partial charge in [-0.15, -0.1) is 11.8 Å². The van der Waals surface area contributed by atoms with Gasteiger partial charge in [-0.25, -0.2) is 4.79 Å². The third kappa shape index (κ3) is 2.81. The summed E-state index contributed by atoms with van der Waals surface area (Å²) in [7, 11) is 1.32. The minimum absolute atomic E-state index is 0.0405. The van der Waals surface area contributed by atoms with Crippen molar-refractivity contribution < 1.29 is 19.1 Å². The third-order valence-electron chi connectivity index (χ3n) is 4.32. The molecule has 0 bridgehead atoms. The number of hydrogen-bond acceptors (Lipinski definition) is 5. The molecule has 0 unspecified atom stereocenters. The molecule has 2 atom stereocenters. The second kappa shape index (κ2) is 5.88. The Morgan fingerprint density at radius 3 is 2.70 bits per heavy atom. The van der Waals surface area contributed by atoms with Crippen molar-refractivity contribution in [3.8, 4) is 0 Å². The van der Waals surface area contributed by atoms with Crippen LogP contribution in [0.5, 0.6) is 0 Å². The van der Waals surface area contributed by atoms with E-state index in [1.54, 1.807) is 40.9 Å². The number of thioether (sulfide) groups is 1. The molecule has 1 N–H and O–H groups in total. The van der Waals surface area contributed by atoms with Crippen molar-refractivity contribution in [2.45, 2.75) is 30.7 Å². The van der Waals surface area contributed by atoms with Gasteiger partial charge in [0.05, 0.1) is 17.5 Å². The monoisotopic (exact) mass is 334 g/mol. The molecule has 23 heavy (non-hydrogen) atoms. The molecule has 122 valence electrons. The molecular weight excluding hydrogens is 316 g/mol. The molecule has 0 spiro atoms. The molecule has 6 nitrogen and oxygen atoms in total. The summed E-state index contributed by atoms with van der Waals surface area (Å²) in [5.41, 5.74) is 1.01. The summed E-state index contributed by atoms with van der Waals surface area (Å²) in [6.45, 7) is 2.01. The Bertz CT molecular complexity index is 661. The highest BCUT2D eigenvalue weighted by Gasteiger charge is 2.52. The van der Waals surface area contributed by atoms with Gasteiger partial charge in [0.15, 0.2) is 0 Å². The van der Waals surface area contributed by atoms with Crippen LogP contribution in [0.4, 0.5) is 5.69 Å². The van der Waals surface area contributed by atoms with Crippen LogP contribution in [-0.4, -0.2) is 46.5 Å². The van der Waals surface area contributed by atoms with E-state index in [4.69, 9.17) is 0 Å². The number of nitrogens with one attached hydrogen (secondary N) is 1. The van der Waals surface area contributed by atoms with Gasteiger partial charge in [0.25, 0.3) is 0 Å². The van der Waals surface area contributed by atoms with E-state index in [9.17, 15) is 14.4 Å². The van der Waals surface area contributed by atoms with Gasteiger partial charge in [-0.2, -0.15) is 0 Å². The molecule has 2 saturated heterocycles. The number of hydrogen-bond donors (Lipinski definition) is 1. The third-order valence-corrected chi connectivity index (χ3v) is 5.83. The number of carbonyl (C=O) groups excluding carboxylic acids is 3. The summed E-state index contributed by atoms with van der Waals surface area (Å²) >= 11 is 1.66. The minimum Gasteiger partial charge on any atom is -0.465 e. The Hall–Kier alpha value is -2.02. The van der Waals surface area contributed by atoms with Crippen LogP contribution in [0, 0.1) is 0 Å². The largest absolute Gasteiger partial charge is 0.465 e. The Kier molecular flexibility index (Phi) is 4.06. The highest BCUT2D eigenvalue weighted by atomic mass is 32.2. The fourth-order valence-electron chi connectivity index (χ4n) is 3.05. The van der Waals surface area contributed by atoms with Gasteiger partial charge in [-0.1, -0.05) is 0 Å². The van der Waals surface area contributed by atoms with Crippen molar-refractivity contribution >= 4 is 35.2 Å². The normalized spacial score (nSPS) is 26.1. The van der Waals surface area contributed by atoms with Crippen LogP contribution in [-0.2, 0) is 14.3 Å². The number of nitrogens with zero attached hydrogens (tertiary/aromatic N) is 1. The van der Waals surface area contributed by atoms with E-state index in [0.29, 0.717) is 23.4 Å². The average molecular weight is 334 g/mol. The number of benzene rings is 1. The first-order chi connectivity index (χ1) is 10.9. The minimum atomic E-state index is -0.444. The predicted octanol–water partition coefficient (Wildman–Crippen LogP) is 1.87. The molecule has 7 heteroatoms. The van der Waals surface area contributed by atoms with Gasteiger partial charge < -0.3 is 15.0 Å². The molecule has 2 aliphatic rings. The summed E-state index contributed by atoms with van der Waals surface area (Å²) in [4.78, 5) is 37.4. The molecule has 2 aliphatic heterocycles. The first kappa shape index (κ1) is 15.9. The van der Waals surface area contributed by atoms with E-state index in [0.717, 1.165) is 6.42 Å². The number of ether oxygens (including phenoxy) is 1. The lowest BCUT2D eigenvalue weighted by atomic mass is 10.2. The van der Waals surface area contributed by atoms with Crippen LogP contribution in [0.1, 0.15) is 30.1 Å². The molecule has 2 fully saturated rings. The van der Waals surface area contributed by atoms with Crippen LogP contribution in [0.15, 0.2) is 24.3 Å². The molecule has 0 radical (unpaired) electrons. The summed E-state index contributed by atoms with van der Waals surface area (Å²) in [6.07, 6.45) is 1.29. The van der Waals surface area contributed by atoms with Crippen LogP contribution in [0.25, 0.3) is 0 Å². The maximum atomic E-state index is 12.5. The fourth-order valence-corrected chi connectivity index (χ4v) is 4.48. The Morgan fingerprint density at radius 1 is 1.35 bits per heavy atom. The highest BCUT2D eigenvalue weighted by molar-refractivity contribution is 8.01. The lowest BCUT2D eigenvalue weighted by Gasteiger charge is -2.29. The number of esters is 1. The van der Waals surface area contributed by atoms with Gasteiger partial charge in [0.1, 0.15) is 6.04 Å². The predicted molar refractivity (Wildman–Crippen MR) is 87.1 cm³/mol. The molecule has 0 aromatic heterocycles. The van der Waals surface area contributed by atoms with Crippen LogP contribution < -0.4 is 5.32 Å². The average Bonchev–Trinajstić information content (AvgIpc) is 3.04. The number of anilines is 1. The first-order valence-electron chi connectivity index (χ1n) is 7.40. The zero-order chi connectivity index (χ0) is 16.6. The zero-order valence-electron chi connectivity index (χ0n) is 13.0. The lowest BCUT2D eigenvalue weighted by molar-refractivity contribution is -0.135. The van der Waals surface area contributed by atoms with Gasteiger partial charge in [-0.3, -0.25) is 9.59 Å². The van der Waals surface area contributed by atoms with Crippen molar-refractivity contribution in [1.29, 1.82) is 0 Å². The first-order valence-corrected chi connectivity index (χ1v) is 8.38. The highest BCUT2D eigenvalue weighted by Crippen LogP contribution is 2.47. The van der Waals surface area contributed by atoms with Crippen molar-refractivity contribution in [2.75, 3.05) is 18.2 Å². The number of rotatable bonds is 3. The molecule has 0 aliphatic carbocycles. The topological polar surface area (TPSA) is 75.7 Å². The van der Waals surface area contributed by atoms with E-state index in [1.807, 2.05) is 6.92 Å². The quantitative estimate of drug-likeness (QED) is 0.854. The Balaban J connectivity index is 1.70. The van der Waals surface area contributed by atoms with E-state index >= 15 is 0 Å². The van der Waals surface area contributed by atoms with Gasteiger partial charge in [-0.05, 0) is 37.6 Å². The SMILES string of the molecule is COC(=O)c1ccc(NC(=O)[C@@H]2CS[C@]3(C)CCC(=O)N23)cc1. The molecule has 1 aromatic rings. The summed E-state index contributed by atoms with van der Waals surface area (Å²) in [6, 6.07) is 6.04. The maximum Gasteiger partial charge on any atom is 0.337 e. The molecule has 2 heterocycles. The number of amides is 2. The zero-order valence-corrected chi connectivity index (χ0v) is 13.8. The molecular formula is C16H18N2O4S. The number of methoxy groups -OCH3 is 1. The number of carbonyl (C=O) groups is 3. The van der Waals surface area contributed by atoms with E-state index in [-0.39, 0.29) is 16.7 Å². The standard InChI is InChI=1S/C16H18N2O4S/c1-16-8-7-13(19)18(16)12(9-23-16)14(20)17-11-5-3-10(4-6-11)15(21)22-2/h3-6,12H,7-9H2,1-2H3,(H,17,20)/t12-,16+/m0/s1. The van der Waals surface area contributed by atoms with Crippen molar-refractivity contribution in [1.82, 2.24) is 4.90 Å². The van der Waals surface area contributed by atoms with Crippen molar-refractivity contribution in [3.05, 3.63) is 29.8 Å². The van der Waals surface area contributed by atoms with Gasteiger partial charge in [0, 0.05) is 17.9 Å².